The molecule has 0 spiro atoms. The average molecular weight is 325 g/mol. The van der Waals surface area contributed by atoms with Crippen LogP contribution in [0.3, 0.4) is 0 Å². The van der Waals surface area contributed by atoms with E-state index in [0.29, 0.717) is 17.3 Å². The second-order valence-corrected chi connectivity index (χ2v) is 4.75. The number of hydrogen-bond acceptors (Lipinski definition) is 5. The Labute approximate surface area is 140 Å². The number of benzene rings is 2. The first-order valence-corrected chi connectivity index (χ1v) is 7.19. The molecule has 0 aliphatic rings. The van der Waals surface area contributed by atoms with Crippen molar-refractivity contribution in [3.8, 4) is 17.2 Å². The highest BCUT2D eigenvalue weighted by Gasteiger charge is 2.09. The van der Waals surface area contributed by atoms with Gasteiger partial charge in [0.05, 0.1) is 14.2 Å². The number of phenolic OH excluding ortho intramolecular Hbond substituents is 1. The Morgan fingerprint density at radius 3 is 2.29 bits per heavy atom. The molecule has 0 aliphatic carbocycles. The summed E-state index contributed by atoms with van der Waals surface area (Å²) >= 11 is 0. The molecular weight excluding hydrogens is 306 g/mol. The molecule has 0 amide bonds. The van der Waals surface area contributed by atoms with Crippen LogP contribution in [-0.2, 0) is 0 Å². The third-order valence-corrected chi connectivity index (χ3v) is 3.18. The van der Waals surface area contributed by atoms with Crippen LogP contribution in [-0.4, -0.2) is 31.4 Å². The van der Waals surface area contributed by atoms with Gasteiger partial charge in [-0.05, 0) is 23.8 Å². The summed E-state index contributed by atoms with van der Waals surface area (Å²) in [6.45, 7) is 0. The summed E-state index contributed by atoms with van der Waals surface area (Å²) in [4.78, 5) is 0. The summed E-state index contributed by atoms with van der Waals surface area (Å²) in [6.07, 6.45) is 5.00. The SMILES string of the molecule is COc1cc(/C=C/C=N\N=C(/N)c2ccccc2)cc(OC)c1O. The lowest BCUT2D eigenvalue weighted by molar-refractivity contribution is 0.340. The van der Waals surface area contributed by atoms with E-state index in [0.717, 1.165) is 11.1 Å². The Balaban J connectivity index is 2.09. The second kappa shape index (κ2) is 8.38. The molecule has 0 saturated heterocycles. The summed E-state index contributed by atoms with van der Waals surface area (Å²) < 4.78 is 10.2. The lowest BCUT2D eigenvalue weighted by atomic mass is 10.1. The van der Waals surface area contributed by atoms with Gasteiger partial charge >= 0.3 is 0 Å². The van der Waals surface area contributed by atoms with Crippen molar-refractivity contribution in [2.24, 2.45) is 15.9 Å². The van der Waals surface area contributed by atoms with Crippen molar-refractivity contribution in [1.82, 2.24) is 0 Å². The Morgan fingerprint density at radius 2 is 1.71 bits per heavy atom. The second-order valence-electron chi connectivity index (χ2n) is 4.75. The number of amidine groups is 1. The first-order chi connectivity index (χ1) is 11.7. The molecule has 3 N–H and O–H groups in total. The minimum absolute atomic E-state index is 0.0361. The minimum atomic E-state index is -0.0361. The van der Waals surface area contributed by atoms with Gasteiger partial charge in [-0.25, -0.2) is 0 Å². The standard InChI is InChI=1S/C18H19N3O3/c1-23-15-11-13(12-16(24-2)17(15)22)7-6-10-20-21-18(19)14-8-4-3-5-9-14/h3-12,22H,1-2H3,(H2,19,21)/b7-6+,20-10-. The van der Waals surface area contributed by atoms with E-state index in [9.17, 15) is 5.11 Å². The van der Waals surface area contributed by atoms with E-state index in [1.165, 1.54) is 20.4 Å². The van der Waals surface area contributed by atoms with Gasteiger partial charge in [0.2, 0.25) is 5.75 Å². The molecule has 0 unspecified atom stereocenters. The minimum Gasteiger partial charge on any atom is -0.502 e. The zero-order valence-corrected chi connectivity index (χ0v) is 13.5. The van der Waals surface area contributed by atoms with E-state index in [1.54, 1.807) is 24.3 Å². The Morgan fingerprint density at radius 1 is 1.08 bits per heavy atom. The van der Waals surface area contributed by atoms with Crippen LogP contribution >= 0.6 is 0 Å². The number of allylic oxidation sites excluding steroid dienone is 1. The lowest BCUT2D eigenvalue weighted by Gasteiger charge is -2.09. The summed E-state index contributed by atoms with van der Waals surface area (Å²) in [5, 5.41) is 17.7. The van der Waals surface area contributed by atoms with Crippen molar-refractivity contribution in [1.29, 1.82) is 0 Å². The Hall–Kier alpha value is -3.28. The fourth-order valence-corrected chi connectivity index (χ4v) is 1.96. The zero-order chi connectivity index (χ0) is 17.4. The molecule has 24 heavy (non-hydrogen) atoms. The summed E-state index contributed by atoms with van der Waals surface area (Å²) in [5.74, 6) is 0.967. The maximum atomic E-state index is 9.86. The van der Waals surface area contributed by atoms with Gasteiger partial charge in [0.1, 0.15) is 0 Å². The monoisotopic (exact) mass is 325 g/mol. The van der Waals surface area contributed by atoms with Gasteiger partial charge in [-0.15, -0.1) is 5.10 Å². The lowest BCUT2D eigenvalue weighted by Crippen LogP contribution is -2.12. The van der Waals surface area contributed by atoms with E-state index in [4.69, 9.17) is 15.2 Å². The molecule has 0 saturated carbocycles. The fourth-order valence-electron chi connectivity index (χ4n) is 1.96. The third-order valence-electron chi connectivity index (χ3n) is 3.18. The molecule has 2 rings (SSSR count). The van der Waals surface area contributed by atoms with Crippen LogP contribution in [0, 0.1) is 0 Å². The maximum absolute atomic E-state index is 9.86. The number of nitrogens with two attached hydrogens (primary N) is 1. The van der Waals surface area contributed by atoms with Gasteiger partial charge in [-0.1, -0.05) is 36.4 Å². The summed E-state index contributed by atoms with van der Waals surface area (Å²) in [7, 11) is 2.95. The highest BCUT2D eigenvalue weighted by atomic mass is 16.5. The number of phenols is 1. The van der Waals surface area contributed by atoms with Crippen LogP contribution in [0.15, 0.2) is 58.7 Å². The van der Waals surface area contributed by atoms with Crippen molar-refractivity contribution >= 4 is 18.1 Å². The average Bonchev–Trinajstić information content (AvgIpc) is 2.63. The predicted octanol–water partition coefficient (Wildman–Crippen LogP) is 2.81. The van der Waals surface area contributed by atoms with Crippen LogP contribution in [0.1, 0.15) is 11.1 Å². The molecule has 0 radical (unpaired) electrons. The molecule has 124 valence electrons. The highest BCUT2D eigenvalue weighted by Crippen LogP contribution is 2.37. The fraction of sp³-hybridized carbons (Fsp3) is 0.111. The zero-order valence-electron chi connectivity index (χ0n) is 13.5. The quantitative estimate of drug-likeness (QED) is 0.485. The van der Waals surface area contributed by atoms with E-state index >= 15 is 0 Å². The number of hydrogen-bond donors (Lipinski definition) is 2. The van der Waals surface area contributed by atoms with Gasteiger partial charge in [0, 0.05) is 11.8 Å². The Bertz CT molecular complexity index is 743. The molecule has 2 aromatic rings. The normalized spacial score (nSPS) is 12.0. The molecule has 0 aromatic heterocycles. The first kappa shape index (κ1) is 17.1. The van der Waals surface area contributed by atoms with Crippen LogP contribution < -0.4 is 15.2 Å². The largest absolute Gasteiger partial charge is 0.502 e. The van der Waals surface area contributed by atoms with E-state index in [1.807, 2.05) is 30.3 Å². The van der Waals surface area contributed by atoms with Crippen LogP contribution in [0.5, 0.6) is 17.2 Å². The summed E-state index contributed by atoms with van der Waals surface area (Å²) in [6, 6.07) is 12.8. The van der Waals surface area contributed by atoms with Crippen molar-refractivity contribution in [3.63, 3.8) is 0 Å². The van der Waals surface area contributed by atoms with Crippen molar-refractivity contribution in [2.75, 3.05) is 14.2 Å². The maximum Gasteiger partial charge on any atom is 0.200 e. The number of rotatable bonds is 6. The number of aromatic hydroxyl groups is 1. The predicted molar refractivity (Wildman–Crippen MR) is 95.9 cm³/mol. The highest BCUT2D eigenvalue weighted by molar-refractivity contribution is 5.97. The van der Waals surface area contributed by atoms with Gasteiger partial charge < -0.3 is 20.3 Å². The Kier molecular flexibility index (Phi) is 5.96. The van der Waals surface area contributed by atoms with Crippen LogP contribution in [0.4, 0.5) is 0 Å². The number of ether oxygens (including phenoxy) is 2. The third kappa shape index (κ3) is 4.36. The molecule has 0 atom stereocenters. The molecule has 6 nitrogen and oxygen atoms in total. The number of nitrogens with zero attached hydrogens (tertiary/aromatic N) is 2. The van der Waals surface area contributed by atoms with E-state index in [2.05, 4.69) is 10.2 Å². The van der Waals surface area contributed by atoms with Crippen molar-refractivity contribution in [2.45, 2.75) is 0 Å². The van der Waals surface area contributed by atoms with Gasteiger partial charge in [-0.2, -0.15) is 5.10 Å². The molecule has 0 aliphatic heterocycles. The molecule has 0 bridgehead atoms. The van der Waals surface area contributed by atoms with Gasteiger partial charge in [0.15, 0.2) is 17.3 Å². The summed E-state index contributed by atoms with van der Waals surface area (Å²) in [5.41, 5.74) is 7.43. The van der Waals surface area contributed by atoms with Gasteiger partial charge in [0.25, 0.3) is 0 Å². The smallest absolute Gasteiger partial charge is 0.200 e. The van der Waals surface area contributed by atoms with E-state index in [-0.39, 0.29) is 5.75 Å². The van der Waals surface area contributed by atoms with Gasteiger partial charge in [-0.3, -0.25) is 0 Å². The van der Waals surface area contributed by atoms with Crippen LogP contribution in [0.25, 0.3) is 6.08 Å². The molecule has 6 heteroatoms. The molecule has 0 heterocycles. The molecule has 0 fully saturated rings. The molecular formula is C18H19N3O3. The van der Waals surface area contributed by atoms with Crippen LogP contribution in [0.2, 0.25) is 0 Å². The molecule has 2 aromatic carbocycles. The van der Waals surface area contributed by atoms with Crippen molar-refractivity contribution in [3.05, 3.63) is 59.7 Å². The first-order valence-electron chi connectivity index (χ1n) is 7.19. The topological polar surface area (TPSA) is 89.4 Å². The number of methoxy groups -OCH3 is 2. The van der Waals surface area contributed by atoms with Crippen molar-refractivity contribution < 1.29 is 14.6 Å². The van der Waals surface area contributed by atoms with E-state index < -0.39 is 0 Å².